The second-order valence-corrected chi connectivity index (χ2v) is 14.0. The molecule has 0 saturated heterocycles. The van der Waals surface area contributed by atoms with Crippen LogP contribution in [0.2, 0.25) is 0 Å². The van der Waals surface area contributed by atoms with Gasteiger partial charge < -0.3 is 19.3 Å². The van der Waals surface area contributed by atoms with Gasteiger partial charge in [-0.1, -0.05) is 60.7 Å². The number of phenolic OH excluding ortho intramolecular Hbond substituents is 2. The second kappa shape index (κ2) is 16.9. The summed E-state index contributed by atoms with van der Waals surface area (Å²) in [4.78, 5) is 19.5. The Hall–Kier alpha value is -5.48. The summed E-state index contributed by atoms with van der Waals surface area (Å²) >= 11 is 0. The molecule has 0 aromatic heterocycles. The summed E-state index contributed by atoms with van der Waals surface area (Å²) in [7, 11) is -9.63. The summed E-state index contributed by atoms with van der Waals surface area (Å²) in [6.07, 6.45) is 0. The van der Waals surface area contributed by atoms with Crippen molar-refractivity contribution in [1.29, 1.82) is 0 Å². The molecule has 21 heteroatoms. The van der Waals surface area contributed by atoms with Gasteiger partial charge in [0.05, 0.1) is 31.0 Å². The van der Waals surface area contributed by atoms with E-state index in [9.17, 15) is 56.4 Å². The molecule has 0 amide bonds. The average molecular weight is 813 g/mol. The normalized spacial score (nSPS) is 11.7. The standard InChI is InChI=1S/2C17H13N3O6S.Ca/c2*1-10-6-7-11(20(22)23)8-14(10)18-19-17-13-5-3-2-4-12(13)16(9-15(17)21)27(24,25)26;/h2*2-9,21H,1H3,(H,24,25,26);/q;;+2/p-2. The van der Waals surface area contributed by atoms with Gasteiger partial charge >= 0.3 is 37.7 Å². The van der Waals surface area contributed by atoms with E-state index in [1.54, 1.807) is 38.1 Å². The van der Waals surface area contributed by atoms with Crippen molar-refractivity contribution in [2.24, 2.45) is 20.5 Å². The minimum Gasteiger partial charge on any atom is -0.744 e. The van der Waals surface area contributed by atoms with Crippen LogP contribution in [-0.2, 0) is 20.2 Å². The third-order valence-corrected chi connectivity index (χ3v) is 9.53. The molecule has 18 nitrogen and oxygen atoms in total. The zero-order valence-corrected chi connectivity index (χ0v) is 32.3. The van der Waals surface area contributed by atoms with E-state index in [1.807, 2.05) is 0 Å². The zero-order valence-electron chi connectivity index (χ0n) is 28.4. The summed E-state index contributed by atoms with van der Waals surface area (Å²) in [6, 6.07) is 21.8. The van der Waals surface area contributed by atoms with Crippen LogP contribution in [0.1, 0.15) is 11.1 Å². The molecule has 0 heterocycles. The van der Waals surface area contributed by atoms with Gasteiger partial charge in [0, 0.05) is 57.9 Å². The molecule has 0 spiro atoms. The molecular weight excluding hydrogens is 789 g/mol. The van der Waals surface area contributed by atoms with Crippen molar-refractivity contribution in [3.05, 3.63) is 128 Å². The van der Waals surface area contributed by atoms with E-state index in [0.717, 1.165) is 12.1 Å². The molecule has 6 aromatic carbocycles. The fourth-order valence-electron chi connectivity index (χ4n) is 5.10. The van der Waals surface area contributed by atoms with Gasteiger partial charge in [-0.2, -0.15) is 0 Å². The SMILES string of the molecule is Cc1ccc([N+](=O)[O-])cc1N=Nc1c(O)cc(S(=O)(=O)[O-])c2ccccc12.Cc1ccc([N+](=O)[O-])cc1N=Nc1c(O)cc(S(=O)(=O)[O-])c2ccccc12.[Ca+2]. The maximum atomic E-state index is 11.5. The monoisotopic (exact) mass is 812 g/mol. The van der Waals surface area contributed by atoms with Crippen molar-refractivity contribution in [2.45, 2.75) is 23.6 Å². The first-order chi connectivity index (χ1) is 25.4. The Labute approximate surface area is 341 Å². The van der Waals surface area contributed by atoms with E-state index < -0.39 is 51.4 Å². The fourth-order valence-corrected chi connectivity index (χ4v) is 6.50. The Morgan fingerprint density at radius 1 is 0.527 bits per heavy atom. The summed E-state index contributed by atoms with van der Waals surface area (Å²) in [5.74, 6) is -1.09. The fraction of sp³-hybridized carbons (Fsp3) is 0.0588. The molecule has 0 atom stereocenters. The number of azo groups is 2. The van der Waals surface area contributed by atoms with Crippen molar-refractivity contribution < 1.29 is 46.0 Å². The van der Waals surface area contributed by atoms with Gasteiger partial charge in [-0.15, -0.1) is 20.5 Å². The first-order valence-electron chi connectivity index (χ1n) is 15.1. The van der Waals surface area contributed by atoms with E-state index in [-0.39, 0.29) is 93.4 Å². The number of rotatable bonds is 8. The van der Waals surface area contributed by atoms with Gasteiger partial charge in [-0.3, -0.25) is 20.2 Å². The number of nitro benzene ring substituents is 2. The Bertz CT molecular complexity index is 2610. The Morgan fingerprint density at radius 3 is 1.16 bits per heavy atom. The number of hydrogen-bond donors (Lipinski definition) is 2. The van der Waals surface area contributed by atoms with Crippen LogP contribution in [0.5, 0.6) is 11.5 Å². The number of aryl methyl sites for hydroxylation is 2. The third kappa shape index (κ3) is 9.61. The Balaban J connectivity index is 0.000000240. The maximum absolute atomic E-state index is 11.5. The molecule has 0 aliphatic heterocycles. The van der Waals surface area contributed by atoms with Crippen LogP contribution >= 0.6 is 0 Å². The summed E-state index contributed by atoms with van der Waals surface area (Å²) in [5, 5.41) is 58.6. The molecule has 0 unspecified atom stereocenters. The van der Waals surface area contributed by atoms with Crippen molar-refractivity contribution in [3.63, 3.8) is 0 Å². The number of benzene rings is 6. The van der Waals surface area contributed by atoms with Gasteiger partial charge in [0.1, 0.15) is 43.1 Å². The van der Waals surface area contributed by atoms with Crippen LogP contribution in [0.3, 0.4) is 0 Å². The van der Waals surface area contributed by atoms with Gasteiger partial charge in [0.25, 0.3) is 11.4 Å². The minimum atomic E-state index is -4.81. The molecule has 276 valence electrons. The van der Waals surface area contributed by atoms with Crippen LogP contribution in [0.4, 0.5) is 34.1 Å². The number of hydrogen-bond acceptors (Lipinski definition) is 16. The van der Waals surface area contributed by atoms with E-state index in [4.69, 9.17) is 0 Å². The van der Waals surface area contributed by atoms with Crippen molar-refractivity contribution >= 4 is 114 Å². The predicted molar refractivity (Wildman–Crippen MR) is 197 cm³/mol. The van der Waals surface area contributed by atoms with Gasteiger partial charge in [0.15, 0.2) is 0 Å². The molecule has 0 bridgehead atoms. The first kappa shape index (κ1) is 42.3. The molecule has 55 heavy (non-hydrogen) atoms. The van der Waals surface area contributed by atoms with Crippen LogP contribution in [0.25, 0.3) is 21.5 Å². The number of non-ortho nitro benzene ring substituents is 2. The number of nitro groups is 2. The van der Waals surface area contributed by atoms with Gasteiger partial charge in [-0.25, -0.2) is 16.8 Å². The van der Waals surface area contributed by atoms with Crippen molar-refractivity contribution in [1.82, 2.24) is 0 Å². The zero-order chi connectivity index (χ0) is 39.5. The predicted octanol–water partition coefficient (Wildman–Crippen LogP) is 7.78. The molecule has 0 saturated carbocycles. The minimum absolute atomic E-state index is 0. The molecule has 6 rings (SSSR count). The van der Waals surface area contributed by atoms with E-state index in [1.165, 1.54) is 60.7 Å². The van der Waals surface area contributed by atoms with Crippen LogP contribution in [0.15, 0.2) is 127 Å². The van der Waals surface area contributed by atoms with Crippen LogP contribution in [0, 0.1) is 34.1 Å². The van der Waals surface area contributed by atoms with E-state index in [2.05, 4.69) is 20.5 Å². The second-order valence-electron chi connectivity index (χ2n) is 11.3. The summed E-state index contributed by atoms with van der Waals surface area (Å²) in [6.45, 7) is 3.37. The maximum Gasteiger partial charge on any atom is 2.00 e. The number of aromatic hydroxyl groups is 2. The quantitative estimate of drug-likeness (QED) is 0.0489. The summed E-state index contributed by atoms with van der Waals surface area (Å²) < 4.78 is 68.7. The third-order valence-electron chi connectivity index (χ3n) is 7.78. The summed E-state index contributed by atoms with van der Waals surface area (Å²) in [5.41, 5.74) is 1.22. The molecular formula is C34H24CaN6O12S2. The molecule has 6 aromatic rings. The Morgan fingerprint density at radius 2 is 0.855 bits per heavy atom. The topological polar surface area (TPSA) is 291 Å². The number of nitrogens with zero attached hydrogens (tertiary/aromatic N) is 6. The molecule has 0 radical (unpaired) electrons. The van der Waals surface area contributed by atoms with Crippen molar-refractivity contribution in [2.75, 3.05) is 0 Å². The van der Waals surface area contributed by atoms with Crippen molar-refractivity contribution in [3.8, 4) is 11.5 Å². The van der Waals surface area contributed by atoms with Crippen LogP contribution in [-0.4, -0.2) is 83.7 Å². The van der Waals surface area contributed by atoms with Gasteiger partial charge in [-0.05, 0) is 25.0 Å². The van der Waals surface area contributed by atoms with E-state index >= 15 is 0 Å². The van der Waals surface area contributed by atoms with Crippen LogP contribution < -0.4 is 0 Å². The molecule has 0 fully saturated rings. The molecule has 2 N–H and O–H groups in total. The average Bonchev–Trinajstić information content (AvgIpc) is 3.10. The molecule has 0 aliphatic rings. The smallest absolute Gasteiger partial charge is 0.744 e. The van der Waals surface area contributed by atoms with Gasteiger partial charge in [0.2, 0.25) is 0 Å². The number of fused-ring (bicyclic) bond motifs is 2. The largest absolute Gasteiger partial charge is 2.00 e. The Kier molecular flexibility index (Phi) is 13.0. The first-order valence-corrected chi connectivity index (χ1v) is 17.9. The van der Waals surface area contributed by atoms with E-state index in [0.29, 0.717) is 11.1 Å². The number of phenols is 2. The molecule has 0 aliphatic carbocycles.